The number of nitrogens with zero attached hydrogens (tertiary/aromatic N) is 2. The zero-order chi connectivity index (χ0) is 16.1. The fourth-order valence-electron chi connectivity index (χ4n) is 2.58. The Kier molecular flexibility index (Phi) is 4.61. The van der Waals surface area contributed by atoms with Gasteiger partial charge in [-0.3, -0.25) is 4.79 Å². The van der Waals surface area contributed by atoms with E-state index in [1.165, 1.54) is 37.6 Å². The van der Waals surface area contributed by atoms with E-state index in [0.29, 0.717) is 5.76 Å². The highest BCUT2D eigenvalue weighted by molar-refractivity contribution is 5.97. The smallest absolute Gasteiger partial charge is 0.275 e. The molecule has 6 heteroatoms. The largest absolute Gasteiger partial charge is 0.507 e. The van der Waals surface area contributed by atoms with Gasteiger partial charge in [0.15, 0.2) is 5.88 Å². The Morgan fingerprint density at radius 2 is 1.96 bits per heavy atom. The van der Waals surface area contributed by atoms with Crippen LogP contribution in [-0.2, 0) is 0 Å². The molecule has 1 aromatic heterocycles. The van der Waals surface area contributed by atoms with Crippen molar-refractivity contribution in [3.63, 3.8) is 0 Å². The first-order chi connectivity index (χ1) is 11.2. The zero-order valence-corrected chi connectivity index (χ0v) is 12.7. The fraction of sp³-hybridized carbons (Fsp3) is 0.294. The first kappa shape index (κ1) is 15.1. The third-order valence-electron chi connectivity index (χ3n) is 3.79. The second kappa shape index (κ2) is 7.00. The second-order valence-electron chi connectivity index (χ2n) is 5.44. The summed E-state index contributed by atoms with van der Waals surface area (Å²) in [6.45, 7) is 2.02. The lowest BCUT2D eigenvalue weighted by Gasteiger charge is -2.25. The van der Waals surface area contributed by atoms with Crippen molar-refractivity contribution >= 4 is 18.0 Å². The second-order valence-corrected chi connectivity index (χ2v) is 5.44. The Labute approximate surface area is 134 Å². The highest BCUT2D eigenvalue weighted by Gasteiger charge is 2.14. The van der Waals surface area contributed by atoms with Crippen molar-refractivity contribution in [2.75, 3.05) is 18.0 Å². The quantitative estimate of drug-likeness (QED) is 0.672. The number of carbonyl (C=O) groups is 1. The maximum absolute atomic E-state index is 11.9. The highest BCUT2D eigenvalue weighted by Crippen LogP contribution is 2.21. The predicted molar refractivity (Wildman–Crippen MR) is 87.9 cm³/mol. The van der Waals surface area contributed by atoms with Crippen molar-refractivity contribution in [2.24, 2.45) is 5.10 Å². The van der Waals surface area contributed by atoms with Gasteiger partial charge in [0.1, 0.15) is 11.5 Å². The average molecular weight is 313 g/mol. The molecule has 0 atom stereocenters. The number of nitrogens with one attached hydrogen (secondary N) is 1. The molecule has 120 valence electrons. The molecule has 1 fully saturated rings. The third kappa shape index (κ3) is 3.71. The van der Waals surface area contributed by atoms with E-state index in [1.54, 1.807) is 12.1 Å². The minimum atomic E-state index is -0.470. The average Bonchev–Trinajstić information content (AvgIpc) is 3.05. The van der Waals surface area contributed by atoms with Gasteiger partial charge in [-0.1, -0.05) is 12.1 Å². The Balaban J connectivity index is 1.59. The van der Waals surface area contributed by atoms with Gasteiger partial charge in [-0.05, 0) is 37.5 Å². The fourth-order valence-corrected chi connectivity index (χ4v) is 2.58. The molecule has 2 N–H and O–H groups in total. The van der Waals surface area contributed by atoms with Crippen LogP contribution in [0.4, 0.5) is 5.88 Å². The van der Waals surface area contributed by atoms with E-state index in [-0.39, 0.29) is 11.3 Å². The maximum atomic E-state index is 11.9. The van der Waals surface area contributed by atoms with Crippen molar-refractivity contribution in [2.45, 2.75) is 19.3 Å². The summed E-state index contributed by atoms with van der Waals surface area (Å²) in [4.78, 5) is 14.1. The van der Waals surface area contributed by atoms with Crippen LogP contribution < -0.4 is 10.3 Å². The number of rotatable bonds is 4. The summed E-state index contributed by atoms with van der Waals surface area (Å²) in [5.74, 6) is 0.856. The van der Waals surface area contributed by atoms with E-state index in [0.717, 1.165) is 19.0 Å². The van der Waals surface area contributed by atoms with E-state index in [9.17, 15) is 9.90 Å². The Morgan fingerprint density at radius 1 is 1.17 bits per heavy atom. The Hall–Kier alpha value is -2.76. The molecule has 3 rings (SSSR count). The van der Waals surface area contributed by atoms with Crippen LogP contribution in [0.15, 0.2) is 45.9 Å². The van der Waals surface area contributed by atoms with Gasteiger partial charge in [0.2, 0.25) is 0 Å². The predicted octanol–water partition coefficient (Wildman–Crippen LogP) is 2.74. The molecule has 0 saturated carbocycles. The molecule has 1 saturated heterocycles. The summed E-state index contributed by atoms with van der Waals surface area (Å²) in [5.41, 5.74) is 2.55. The van der Waals surface area contributed by atoms with Gasteiger partial charge in [-0.25, -0.2) is 5.43 Å². The van der Waals surface area contributed by atoms with Crippen LogP contribution in [0.25, 0.3) is 0 Å². The minimum Gasteiger partial charge on any atom is -0.507 e. The summed E-state index contributed by atoms with van der Waals surface area (Å²) in [6.07, 6.45) is 5.08. The molecule has 23 heavy (non-hydrogen) atoms. The molecule has 1 aliphatic heterocycles. The lowest BCUT2D eigenvalue weighted by molar-refractivity contribution is 0.0952. The molecule has 0 unspecified atom stereocenters. The number of furan rings is 1. The maximum Gasteiger partial charge on any atom is 0.275 e. The number of benzene rings is 1. The molecular weight excluding hydrogens is 294 g/mol. The number of hydrogen-bond acceptors (Lipinski definition) is 5. The van der Waals surface area contributed by atoms with E-state index in [2.05, 4.69) is 15.4 Å². The molecule has 0 spiro atoms. The summed E-state index contributed by atoms with van der Waals surface area (Å²) in [5, 5.41) is 13.5. The van der Waals surface area contributed by atoms with E-state index in [4.69, 9.17) is 4.42 Å². The first-order valence-corrected chi connectivity index (χ1v) is 7.70. The van der Waals surface area contributed by atoms with Crippen LogP contribution >= 0.6 is 0 Å². The van der Waals surface area contributed by atoms with Crippen LogP contribution in [0.3, 0.4) is 0 Å². The monoisotopic (exact) mass is 313 g/mol. The lowest BCUT2D eigenvalue weighted by Crippen LogP contribution is -2.28. The molecular formula is C17H19N3O3. The van der Waals surface area contributed by atoms with Gasteiger partial charge in [0.25, 0.3) is 5.91 Å². The number of hydrazone groups is 1. The Morgan fingerprint density at radius 3 is 2.74 bits per heavy atom. The molecule has 2 heterocycles. The summed E-state index contributed by atoms with van der Waals surface area (Å²) in [7, 11) is 0. The molecule has 0 bridgehead atoms. The third-order valence-corrected chi connectivity index (χ3v) is 3.79. The number of phenolic OH excluding ortho intramolecular Hbond substituents is 1. The number of piperidine rings is 1. The number of hydrogen-bond donors (Lipinski definition) is 2. The van der Waals surface area contributed by atoms with Crippen molar-refractivity contribution in [3.05, 3.63) is 47.7 Å². The van der Waals surface area contributed by atoms with Gasteiger partial charge in [0, 0.05) is 19.2 Å². The summed E-state index contributed by atoms with van der Waals surface area (Å²) in [6, 6.07) is 10.0. The van der Waals surface area contributed by atoms with Crippen molar-refractivity contribution in [1.82, 2.24) is 5.43 Å². The number of amides is 1. The van der Waals surface area contributed by atoms with Gasteiger partial charge in [-0.2, -0.15) is 5.10 Å². The molecule has 0 radical (unpaired) electrons. The molecule has 2 aromatic rings. The van der Waals surface area contributed by atoms with Gasteiger partial charge in [0.05, 0.1) is 11.8 Å². The van der Waals surface area contributed by atoms with Crippen LogP contribution in [0.2, 0.25) is 0 Å². The normalized spacial score (nSPS) is 15.0. The number of phenols is 1. The van der Waals surface area contributed by atoms with Crippen molar-refractivity contribution in [3.8, 4) is 5.75 Å². The van der Waals surface area contributed by atoms with Crippen LogP contribution in [0, 0.1) is 0 Å². The first-order valence-electron chi connectivity index (χ1n) is 7.70. The van der Waals surface area contributed by atoms with E-state index in [1.807, 2.05) is 12.1 Å². The number of carbonyl (C=O) groups excluding carboxylic acids is 1. The summed E-state index contributed by atoms with van der Waals surface area (Å²) < 4.78 is 5.71. The SMILES string of the molecule is O=C(N/N=C/c1ccc(N2CCCCC2)o1)c1ccccc1O. The molecule has 1 aromatic carbocycles. The van der Waals surface area contributed by atoms with E-state index >= 15 is 0 Å². The minimum absolute atomic E-state index is 0.0782. The summed E-state index contributed by atoms with van der Waals surface area (Å²) >= 11 is 0. The van der Waals surface area contributed by atoms with Crippen molar-refractivity contribution < 1.29 is 14.3 Å². The van der Waals surface area contributed by atoms with Crippen molar-refractivity contribution in [1.29, 1.82) is 0 Å². The molecule has 1 aliphatic rings. The van der Waals surface area contributed by atoms with Gasteiger partial charge >= 0.3 is 0 Å². The van der Waals surface area contributed by atoms with Crippen LogP contribution in [0.5, 0.6) is 5.75 Å². The number of anilines is 1. The van der Waals surface area contributed by atoms with E-state index < -0.39 is 5.91 Å². The number of para-hydroxylation sites is 1. The standard InChI is InChI=1S/C17H19N3O3/c21-15-7-3-2-6-14(15)17(22)19-18-12-13-8-9-16(23-13)20-10-4-1-5-11-20/h2-3,6-9,12,21H,1,4-5,10-11H2,(H,19,22)/b18-12+. The highest BCUT2D eigenvalue weighted by atomic mass is 16.4. The zero-order valence-electron chi connectivity index (χ0n) is 12.7. The van der Waals surface area contributed by atoms with Gasteiger partial charge < -0.3 is 14.4 Å². The topological polar surface area (TPSA) is 78.1 Å². The van der Waals surface area contributed by atoms with Crippen LogP contribution in [-0.4, -0.2) is 30.3 Å². The Bertz CT molecular complexity index is 703. The van der Waals surface area contributed by atoms with Gasteiger partial charge in [-0.15, -0.1) is 0 Å². The molecule has 6 nitrogen and oxygen atoms in total. The molecule has 1 amide bonds. The van der Waals surface area contributed by atoms with Crippen LogP contribution in [0.1, 0.15) is 35.4 Å². The number of aromatic hydroxyl groups is 1. The lowest BCUT2D eigenvalue weighted by atomic mass is 10.1. The molecule has 0 aliphatic carbocycles.